The van der Waals surface area contributed by atoms with Crippen LogP contribution in [-0.2, 0) is 19.6 Å². The van der Waals surface area contributed by atoms with Crippen molar-refractivity contribution in [3.63, 3.8) is 0 Å². The minimum Gasteiger partial charge on any atom is -0.480 e. The molecule has 144 valence electrons. The van der Waals surface area contributed by atoms with Crippen molar-refractivity contribution in [2.45, 2.75) is 70.1 Å². The fourth-order valence-corrected chi connectivity index (χ4v) is 5.47. The minimum atomic E-state index is -3.80. The summed E-state index contributed by atoms with van der Waals surface area (Å²) in [6.45, 7) is 4.31. The molecular weight excluding hydrogens is 344 g/mol. The number of nitrogens with zero attached hydrogens (tertiary/aromatic N) is 1. The first-order valence-electron chi connectivity index (χ1n) is 9.29. The molecule has 1 amide bonds. The third kappa shape index (κ3) is 4.94. The lowest BCUT2D eigenvalue weighted by molar-refractivity contribution is -0.140. The summed E-state index contributed by atoms with van der Waals surface area (Å²) in [5.41, 5.74) is 0. The summed E-state index contributed by atoms with van der Waals surface area (Å²) in [5.74, 6) is -1.37. The molecule has 1 heterocycles. The standard InChI is InChI=1S/C17H30N2O5S/c1-3-12(2)15(17(21)22)18-25(23,24)14-9-6-10-19(11-14)16(20)13-7-4-5-8-13/h12-15,18H,3-11H2,1-2H3,(H,21,22)/t12-,14?,15-/m0/s1. The van der Waals surface area contributed by atoms with Gasteiger partial charge in [-0.25, -0.2) is 13.1 Å². The van der Waals surface area contributed by atoms with Crippen molar-refractivity contribution in [3.05, 3.63) is 0 Å². The first-order chi connectivity index (χ1) is 11.8. The highest BCUT2D eigenvalue weighted by atomic mass is 32.2. The topological polar surface area (TPSA) is 104 Å². The fraction of sp³-hybridized carbons (Fsp3) is 0.882. The van der Waals surface area contributed by atoms with Crippen LogP contribution >= 0.6 is 0 Å². The zero-order chi connectivity index (χ0) is 18.6. The first kappa shape index (κ1) is 20.2. The van der Waals surface area contributed by atoms with E-state index in [1.54, 1.807) is 11.8 Å². The van der Waals surface area contributed by atoms with Crippen molar-refractivity contribution < 1.29 is 23.1 Å². The fourth-order valence-electron chi connectivity index (χ4n) is 3.74. The van der Waals surface area contributed by atoms with Gasteiger partial charge in [0.25, 0.3) is 0 Å². The maximum atomic E-state index is 12.7. The molecule has 0 bridgehead atoms. The van der Waals surface area contributed by atoms with Crippen LogP contribution in [0.3, 0.4) is 0 Å². The number of sulfonamides is 1. The molecule has 0 radical (unpaired) electrons. The number of piperidine rings is 1. The number of rotatable bonds is 7. The third-order valence-electron chi connectivity index (χ3n) is 5.60. The van der Waals surface area contributed by atoms with Gasteiger partial charge >= 0.3 is 5.97 Å². The number of hydrogen-bond acceptors (Lipinski definition) is 4. The van der Waals surface area contributed by atoms with Crippen molar-refractivity contribution >= 4 is 21.9 Å². The Hall–Kier alpha value is -1.15. The number of carbonyl (C=O) groups is 2. The number of carbonyl (C=O) groups excluding carboxylic acids is 1. The average molecular weight is 375 g/mol. The molecule has 2 rings (SSSR count). The molecule has 8 heteroatoms. The van der Waals surface area contributed by atoms with Gasteiger partial charge in [0.05, 0.1) is 5.25 Å². The summed E-state index contributed by atoms with van der Waals surface area (Å²) < 4.78 is 27.8. The number of hydrogen-bond donors (Lipinski definition) is 2. The van der Waals surface area contributed by atoms with E-state index in [1.165, 1.54) is 0 Å². The van der Waals surface area contributed by atoms with Crippen LogP contribution in [0.25, 0.3) is 0 Å². The molecule has 2 N–H and O–H groups in total. The van der Waals surface area contributed by atoms with Gasteiger partial charge in [-0.3, -0.25) is 9.59 Å². The van der Waals surface area contributed by atoms with E-state index in [9.17, 15) is 23.1 Å². The third-order valence-corrected chi connectivity index (χ3v) is 7.45. The molecule has 1 saturated carbocycles. The van der Waals surface area contributed by atoms with Crippen LogP contribution in [-0.4, -0.2) is 54.7 Å². The average Bonchev–Trinajstić information content (AvgIpc) is 3.13. The largest absolute Gasteiger partial charge is 0.480 e. The van der Waals surface area contributed by atoms with Gasteiger partial charge in [0.1, 0.15) is 6.04 Å². The van der Waals surface area contributed by atoms with Crippen LogP contribution in [0.2, 0.25) is 0 Å². The van der Waals surface area contributed by atoms with Crippen molar-refractivity contribution in [2.75, 3.05) is 13.1 Å². The van der Waals surface area contributed by atoms with Crippen molar-refractivity contribution in [1.29, 1.82) is 0 Å². The first-order valence-corrected chi connectivity index (χ1v) is 10.8. The Labute approximate surface area is 150 Å². The molecule has 2 aliphatic rings. The molecule has 7 nitrogen and oxygen atoms in total. The van der Waals surface area contributed by atoms with Crippen LogP contribution < -0.4 is 4.72 Å². The number of carboxylic acid groups (broad SMARTS) is 1. The summed E-state index contributed by atoms with van der Waals surface area (Å²) in [6, 6.07) is -1.13. The summed E-state index contributed by atoms with van der Waals surface area (Å²) >= 11 is 0. The highest BCUT2D eigenvalue weighted by Crippen LogP contribution is 2.28. The number of nitrogens with one attached hydrogen (secondary N) is 1. The normalized spacial score (nSPS) is 24.9. The maximum Gasteiger partial charge on any atom is 0.322 e. The summed E-state index contributed by atoms with van der Waals surface area (Å²) in [7, 11) is -3.80. The lowest BCUT2D eigenvalue weighted by Crippen LogP contribution is -2.53. The molecule has 1 aliphatic heterocycles. The molecule has 3 atom stereocenters. The molecule has 0 aromatic carbocycles. The lowest BCUT2D eigenvalue weighted by atomic mass is 10.0. The van der Waals surface area contributed by atoms with Gasteiger partial charge in [0.2, 0.25) is 15.9 Å². The Kier molecular flexibility index (Phi) is 6.85. The predicted octanol–water partition coefficient (Wildman–Crippen LogP) is 1.59. The number of amides is 1. The lowest BCUT2D eigenvalue weighted by Gasteiger charge is -2.34. The van der Waals surface area contributed by atoms with Gasteiger partial charge < -0.3 is 10.0 Å². The second-order valence-corrected chi connectivity index (χ2v) is 9.39. The number of likely N-dealkylation sites (tertiary alicyclic amines) is 1. The Morgan fingerprint density at radius 3 is 2.40 bits per heavy atom. The van der Waals surface area contributed by atoms with Crippen LogP contribution in [0, 0.1) is 11.8 Å². The van der Waals surface area contributed by atoms with E-state index in [0.29, 0.717) is 25.8 Å². The Morgan fingerprint density at radius 2 is 1.84 bits per heavy atom. The van der Waals surface area contributed by atoms with Gasteiger partial charge in [-0.1, -0.05) is 33.1 Å². The van der Waals surface area contributed by atoms with Crippen molar-refractivity contribution in [2.24, 2.45) is 11.8 Å². The van der Waals surface area contributed by atoms with E-state index in [1.807, 2.05) is 6.92 Å². The van der Waals surface area contributed by atoms with Crippen molar-refractivity contribution in [1.82, 2.24) is 9.62 Å². The van der Waals surface area contributed by atoms with E-state index in [0.717, 1.165) is 25.7 Å². The predicted molar refractivity (Wildman–Crippen MR) is 94.5 cm³/mol. The molecule has 0 aromatic rings. The molecule has 2 fully saturated rings. The number of aliphatic carboxylic acids is 1. The monoisotopic (exact) mass is 374 g/mol. The van der Waals surface area contributed by atoms with Crippen LogP contribution in [0.5, 0.6) is 0 Å². The zero-order valence-electron chi connectivity index (χ0n) is 15.1. The Morgan fingerprint density at radius 1 is 1.20 bits per heavy atom. The van der Waals surface area contributed by atoms with Crippen LogP contribution in [0.4, 0.5) is 0 Å². The quantitative estimate of drug-likeness (QED) is 0.704. The Balaban J connectivity index is 2.05. The highest BCUT2D eigenvalue weighted by Gasteiger charge is 2.38. The van der Waals surface area contributed by atoms with Gasteiger partial charge in [0, 0.05) is 19.0 Å². The van der Waals surface area contributed by atoms with Crippen LogP contribution in [0.1, 0.15) is 58.8 Å². The van der Waals surface area contributed by atoms with E-state index in [4.69, 9.17) is 0 Å². The van der Waals surface area contributed by atoms with E-state index >= 15 is 0 Å². The second kappa shape index (κ2) is 8.49. The molecule has 1 unspecified atom stereocenters. The minimum absolute atomic E-state index is 0.0290. The molecule has 1 saturated heterocycles. The van der Waals surface area contributed by atoms with Gasteiger partial charge in [-0.15, -0.1) is 0 Å². The van der Waals surface area contributed by atoms with E-state index < -0.39 is 27.3 Å². The SMILES string of the molecule is CC[C@H](C)[C@H](NS(=O)(=O)C1CCCN(C(=O)C2CCCC2)C1)C(=O)O. The molecular formula is C17H30N2O5S. The van der Waals surface area contributed by atoms with Crippen molar-refractivity contribution in [3.8, 4) is 0 Å². The Bertz CT molecular complexity index is 586. The molecule has 1 aliphatic carbocycles. The highest BCUT2D eigenvalue weighted by molar-refractivity contribution is 7.90. The van der Waals surface area contributed by atoms with Crippen LogP contribution in [0.15, 0.2) is 0 Å². The van der Waals surface area contributed by atoms with E-state index in [-0.39, 0.29) is 24.3 Å². The number of carboxylic acids is 1. The molecule has 0 aromatic heterocycles. The van der Waals surface area contributed by atoms with E-state index in [2.05, 4.69) is 4.72 Å². The smallest absolute Gasteiger partial charge is 0.322 e. The van der Waals surface area contributed by atoms with Gasteiger partial charge in [-0.2, -0.15) is 0 Å². The second-order valence-electron chi connectivity index (χ2n) is 7.39. The summed E-state index contributed by atoms with van der Waals surface area (Å²) in [6.07, 6.45) is 5.55. The summed E-state index contributed by atoms with van der Waals surface area (Å²) in [5, 5.41) is 8.59. The van der Waals surface area contributed by atoms with Gasteiger partial charge in [-0.05, 0) is 31.6 Å². The van der Waals surface area contributed by atoms with Gasteiger partial charge in [0.15, 0.2) is 0 Å². The molecule has 0 spiro atoms. The summed E-state index contributed by atoms with van der Waals surface area (Å²) in [4.78, 5) is 25.7. The maximum absolute atomic E-state index is 12.7. The zero-order valence-corrected chi connectivity index (χ0v) is 15.9. The molecule has 25 heavy (non-hydrogen) atoms.